The highest BCUT2D eigenvalue weighted by atomic mass is 16.2. The number of aryl methyl sites for hydroxylation is 1. The summed E-state index contributed by atoms with van der Waals surface area (Å²) in [4.78, 5) is 37.7. The number of urea groups is 1. The molecule has 1 aliphatic carbocycles. The minimum absolute atomic E-state index is 0.177. The van der Waals surface area contributed by atoms with Gasteiger partial charge in [-0.3, -0.25) is 14.5 Å². The molecule has 25 heavy (non-hydrogen) atoms. The van der Waals surface area contributed by atoms with Crippen LogP contribution in [0.3, 0.4) is 0 Å². The molecule has 1 heterocycles. The normalized spacial score (nSPS) is 21.3. The van der Waals surface area contributed by atoms with Crippen LogP contribution in [0.25, 0.3) is 0 Å². The highest BCUT2D eigenvalue weighted by molar-refractivity contribution is 6.06. The van der Waals surface area contributed by atoms with Gasteiger partial charge in [0.05, 0.1) is 0 Å². The molecular weight excluding hydrogens is 318 g/mol. The number of hydrogen-bond donors (Lipinski definition) is 2. The van der Waals surface area contributed by atoms with E-state index in [9.17, 15) is 14.4 Å². The Morgan fingerprint density at radius 1 is 1.12 bits per heavy atom. The predicted octanol–water partition coefficient (Wildman–Crippen LogP) is 1.99. The molecule has 2 fully saturated rings. The maximum Gasteiger partial charge on any atom is 0.325 e. The number of amides is 4. The molecule has 6 nitrogen and oxygen atoms in total. The first-order valence-electron chi connectivity index (χ1n) is 9.08. The van der Waals surface area contributed by atoms with Crippen molar-refractivity contribution in [3.8, 4) is 0 Å². The fourth-order valence-corrected chi connectivity index (χ4v) is 3.54. The number of nitrogens with one attached hydrogen (secondary N) is 2. The second kappa shape index (κ2) is 8.14. The average Bonchev–Trinajstić information content (AvgIpc) is 2.89. The maximum absolute atomic E-state index is 12.4. The molecule has 0 spiro atoms. The van der Waals surface area contributed by atoms with E-state index in [4.69, 9.17) is 0 Å². The van der Waals surface area contributed by atoms with Gasteiger partial charge in [-0.1, -0.05) is 49.6 Å². The second-order valence-corrected chi connectivity index (χ2v) is 6.85. The Morgan fingerprint density at radius 3 is 2.56 bits per heavy atom. The van der Waals surface area contributed by atoms with Gasteiger partial charge < -0.3 is 10.6 Å². The van der Waals surface area contributed by atoms with Crippen molar-refractivity contribution in [1.29, 1.82) is 0 Å². The molecule has 1 aromatic carbocycles. The van der Waals surface area contributed by atoms with Gasteiger partial charge in [0.2, 0.25) is 5.91 Å². The zero-order valence-electron chi connectivity index (χ0n) is 14.4. The molecule has 6 heteroatoms. The summed E-state index contributed by atoms with van der Waals surface area (Å²) in [6.07, 6.45) is 6.65. The molecule has 3 rings (SSSR count). The van der Waals surface area contributed by atoms with Gasteiger partial charge >= 0.3 is 6.03 Å². The van der Waals surface area contributed by atoms with E-state index in [1.165, 1.54) is 6.42 Å². The standard InChI is InChI=1S/C19H25N3O3/c23-17(20-15-9-5-2-6-10-15)13-22-18(24)16(21-19(22)25)12-11-14-7-3-1-4-8-14/h1,3-4,7-8,15-16H,2,5-6,9-13H2,(H,20,23)(H,21,25). The van der Waals surface area contributed by atoms with E-state index in [2.05, 4.69) is 10.6 Å². The number of rotatable bonds is 6. The topological polar surface area (TPSA) is 78.5 Å². The first kappa shape index (κ1) is 17.5. The number of imide groups is 1. The van der Waals surface area contributed by atoms with E-state index in [0.717, 1.165) is 36.1 Å². The van der Waals surface area contributed by atoms with Crippen molar-refractivity contribution < 1.29 is 14.4 Å². The predicted molar refractivity (Wildman–Crippen MR) is 93.8 cm³/mol. The van der Waals surface area contributed by atoms with Crippen LogP contribution in [-0.2, 0) is 16.0 Å². The zero-order valence-corrected chi connectivity index (χ0v) is 14.4. The lowest BCUT2D eigenvalue weighted by atomic mass is 9.95. The molecule has 1 saturated carbocycles. The Kier molecular flexibility index (Phi) is 5.68. The first-order chi connectivity index (χ1) is 12.1. The molecule has 0 bridgehead atoms. The zero-order chi connectivity index (χ0) is 17.6. The molecule has 4 amide bonds. The Labute approximate surface area is 148 Å². The fourth-order valence-electron chi connectivity index (χ4n) is 3.54. The molecule has 2 N–H and O–H groups in total. The van der Waals surface area contributed by atoms with Crippen LogP contribution in [0.15, 0.2) is 30.3 Å². The summed E-state index contributed by atoms with van der Waals surface area (Å²) in [6.45, 7) is -0.191. The minimum atomic E-state index is -0.546. The fraction of sp³-hybridized carbons (Fsp3) is 0.526. The van der Waals surface area contributed by atoms with Crippen LogP contribution in [0, 0.1) is 0 Å². The van der Waals surface area contributed by atoms with Crippen molar-refractivity contribution in [3.05, 3.63) is 35.9 Å². The van der Waals surface area contributed by atoms with E-state index >= 15 is 0 Å². The van der Waals surface area contributed by atoms with Crippen LogP contribution in [0.2, 0.25) is 0 Å². The molecular formula is C19H25N3O3. The van der Waals surface area contributed by atoms with Gasteiger partial charge in [0.25, 0.3) is 5.91 Å². The summed E-state index contributed by atoms with van der Waals surface area (Å²) in [5.74, 6) is -0.557. The van der Waals surface area contributed by atoms with Gasteiger partial charge in [-0.05, 0) is 31.2 Å². The van der Waals surface area contributed by atoms with E-state index in [1.54, 1.807) is 0 Å². The van der Waals surface area contributed by atoms with Crippen molar-refractivity contribution in [2.45, 2.75) is 57.0 Å². The smallest absolute Gasteiger partial charge is 0.325 e. The summed E-state index contributed by atoms with van der Waals surface area (Å²) in [5.41, 5.74) is 1.12. The third kappa shape index (κ3) is 4.59. The van der Waals surface area contributed by atoms with Crippen molar-refractivity contribution in [2.75, 3.05) is 6.54 Å². The number of nitrogens with zero attached hydrogens (tertiary/aromatic N) is 1. The van der Waals surface area contributed by atoms with Crippen LogP contribution in [0.5, 0.6) is 0 Å². The Morgan fingerprint density at radius 2 is 1.84 bits per heavy atom. The molecule has 1 aliphatic heterocycles. The first-order valence-corrected chi connectivity index (χ1v) is 9.08. The summed E-state index contributed by atoms with van der Waals surface area (Å²) < 4.78 is 0. The Bertz CT molecular complexity index is 626. The summed E-state index contributed by atoms with van der Waals surface area (Å²) in [6, 6.07) is 9.00. The molecule has 1 unspecified atom stereocenters. The van der Waals surface area contributed by atoms with Gasteiger partial charge in [0.15, 0.2) is 0 Å². The lowest BCUT2D eigenvalue weighted by Gasteiger charge is -2.23. The van der Waals surface area contributed by atoms with Gasteiger partial charge in [0.1, 0.15) is 12.6 Å². The van der Waals surface area contributed by atoms with Crippen molar-refractivity contribution in [3.63, 3.8) is 0 Å². The number of benzene rings is 1. The van der Waals surface area contributed by atoms with Gasteiger partial charge in [0, 0.05) is 6.04 Å². The molecule has 0 aromatic heterocycles. The van der Waals surface area contributed by atoms with Gasteiger partial charge in [-0.25, -0.2) is 4.79 Å². The SMILES string of the molecule is O=C(CN1C(=O)NC(CCc2ccccc2)C1=O)NC1CCCCC1. The van der Waals surface area contributed by atoms with Gasteiger partial charge in [-0.2, -0.15) is 0 Å². The van der Waals surface area contributed by atoms with Crippen LogP contribution in [-0.4, -0.2) is 41.4 Å². The quantitative estimate of drug-likeness (QED) is 0.775. The number of carbonyl (C=O) groups excluding carboxylic acids is 3. The van der Waals surface area contributed by atoms with Crippen molar-refractivity contribution in [1.82, 2.24) is 15.5 Å². The molecule has 1 atom stereocenters. The van der Waals surface area contributed by atoms with Crippen LogP contribution in [0.4, 0.5) is 4.79 Å². The summed E-state index contributed by atoms with van der Waals surface area (Å²) in [7, 11) is 0. The van der Waals surface area contributed by atoms with E-state index < -0.39 is 12.1 Å². The lowest BCUT2D eigenvalue weighted by Crippen LogP contribution is -2.45. The van der Waals surface area contributed by atoms with E-state index in [-0.39, 0.29) is 24.4 Å². The Balaban J connectivity index is 1.49. The molecule has 1 saturated heterocycles. The largest absolute Gasteiger partial charge is 0.352 e. The van der Waals surface area contributed by atoms with Crippen molar-refractivity contribution in [2.24, 2.45) is 0 Å². The summed E-state index contributed by atoms with van der Waals surface area (Å²) in [5, 5.41) is 5.64. The highest BCUT2D eigenvalue weighted by Crippen LogP contribution is 2.17. The monoisotopic (exact) mass is 343 g/mol. The lowest BCUT2D eigenvalue weighted by molar-refractivity contribution is -0.132. The molecule has 134 valence electrons. The van der Waals surface area contributed by atoms with Crippen molar-refractivity contribution >= 4 is 17.8 Å². The second-order valence-electron chi connectivity index (χ2n) is 6.85. The van der Waals surface area contributed by atoms with E-state index in [1.807, 2.05) is 30.3 Å². The molecule has 2 aliphatic rings. The summed E-state index contributed by atoms with van der Waals surface area (Å²) >= 11 is 0. The molecule has 1 aromatic rings. The third-order valence-electron chi connectivity index (χ3n) is 4.94. The number of carbonyl (C=O) groups is 3. The van der Waals surface area contributed by atoms with Crippen LogP contribution in [0.1, 0.15) is 44.1 Å². The van der Waals surface area contributed by atoms with Crippen LogP contribution < -0.4 is 10.6 Å². The van der Waals surface area contributed by atoms with E-state index in [0.29, 0.717) is 12.8 Å². The third-order valence-corrected chi connectivity index (χ3v) is 4.94. The Hall–Kier alpha value is -2.37. The highest BCUT2D eigenvalue weighted by Gasteiger charge is 2.38. The maximum atomic E-state index is 12.4. The van der Waals surface area contributed by atoms with Crippen LogP contribution >= 0.6 is 0 Å². The number of hydrogen-bond acceptors (Lipinski definition) is 3. The minimum Gasteiger partial charge on any atom is -0.352 e. The molecule has 0 radical (unpaired) electrons. The average molecular weight is 343 g/mol. The van der Waals surface area contributed by atoms with Gasteiger partial charge in [-0.15, -0.1) is 0 Å².